The number of fused-ring (bicyclic) bond motifs is 3. The molecular weight excluding hydrogens is 333 g/mol. The highest BCUT2D eigenvalue weighted by atomic mass is 32.2. The second kappa shape index (κ2) is 6.33. The van der Waals surface area contributed by atoms with Gasteiger partial charge in [0.05, 0.1) is 24.0 Å². The van der Waals surface area contributed by atoms with E-state index in [1.807, 2.05) is 16.7 Å². The summed E-state index contributed by atoms with van der Waals surface area (Å²) in [6.07, 6.45) is -0.253. The summed E-state index contributed by atoms with van der Waals surface area (Å²) in [7, 11) is 0. The Kier molecular flexibility index (Phi) is 4.17. The quantitative estimate of drug-likeness (QED) is 0.875. The molecule has 1 aromatic rings. The summed E-state index contributed by atoms with van der Waals surface area (Å²) in [4.78, 5) is 15.8. The number of thioether (sulfide) groups is 1. The third-order valence-electron chi connectivity index (χ3n) is 4.75. The van der Waals surface area contributed by atoms with Gasteiger partial charge in [-0.1, -0.05) is 0 Å². The van der Waals surface area contributed by atoms with Gasteiger partial charge in [-0.15, -0.1) is 0 Å². The van der Waals surface area contributed by atoms with Crippen LogP contribution in [0.2, 0.25) is 0 Å². The standard InChI is InChI=1S/C16H20FN3O3S/c17-10-7-13-14(8-12(10)19-2-5-24-6-3-19)22-4-1-11-15(9-18)23-16(21)20(11)13/h7-8,11,15H,1-6,9,18H2/t11-,15-/m1/s1. The normalized spacial score (nSPS) is 26.3. The summed E-state index contributed by atoms with van der Waals surface area (Å²) in [5, 5.41) is 0. The first-order valence-corrected chi connectivity index (χ1v) is 9.33. The third kappa shape index (κ3) is 2.57. The predicted molar refractivity (Wildman–Crippen MR) is 91.6 cm³/mol. The molecule has 8 heteroatoms. The first-order chi connectivity index (χ1) is 11.7. The van der Waals surface area contributed by atoms with Gasteiger partial charge in [0.2, 0.25) is 0 Å². The summed E-state index contributed by atoms with van der Waals surface area (Å²) in [6, 6.07) is 2.90. The maximum absolute atomic E-state index is 14.8. The molecule has 6 nitrogen and oxygen atoms in total. The van der Waals surface area contributed by atoms with Crippen molar-refractivity contribution in [3.8, 4) is 5.75 Å². The monoisotopic (exact) mass is 353 g/mol. The number of hydrogen-bond acceptors (Lipinski definition) is 6. The van der Waals surface area contributed by atoms with E-state index in [9.17, 15) is 9.18 Å². The molecule has 24 heavy (non-hydrogen) atoms. The highest BCUT2D eigenvalue weighted by Crippen LogP contribution is 2.41. The zero-order valence-electron chi connectivity index (χ0n) is 13.2. The minimum Gasteiger partial charge on any atom is -0.491 e. The van der Waals surface area contributed by atoms with Gasteiger partial charge in [-0.3, -0.25) is 4.90 Å². The number of carbonyl (C=O) groups is 1. The molecule has 2 atom stereocenters. The van der Waals surface area contributed by atoms with Gasteiger partial charge in [0.15, 0.2) is 0 Å². The molecule has 0 spiro atoms. The number of halogens is 1. The molecule has 1 amide bonds. The molecular formula is C16H20FN3O3S. The Morgan fingerprint density at radius 1 is 1.29 bits per heavy atom. The van der Waals surface area contributed by atoms with Crippen LogP contribution < -0.4 is 20.3 Å². The molecule has 0 radical (unpaired) electrons. The van der Waals surface area contributed by atoms with E-state index in [2.05, 4.69) is 0 Å². The van der Waals surface area contributed by atoms with Gasteiger partial charge in [0.1, 0.15) is 17.7 Å². The van der Waals surface area contributed by atoms with E-state index in [1.165, 1.54) is 11.0 Å². The summed E-state index contributed by atoms with van der Waals surface area (Å²) in [5.74, 6) is 2.15. The second-order valence-corrected chi connectivity index (χ2v) is 7.33. The van der Waals surface area contributed by atoms with Crippen molar-refractivity contribution in [1.82, 2.24) is 0 Å². The van der Waals surface area contributed by atoms with Crippen LogP contribution in [0.4, 0.5) is 20.6 Å². The van der Waals surface area contributed by atoms with E-state index in [4.69, 9.17) is 15.2 Å². The predicted octanol–water partition coefficient (Wildman–Crippen LogP) is 1.81. The zero-order chi connectivity index (χ0) is 16.7. The molecule has 0 unspecified atom stereocenters. The third-order valence-corrected chi connectivity index (χ3v) is 5.70. The van der Waals surface area contributed by atoms with Crippen LogP contribution >= 0.6 is 11.8 Å². The summed E-state index contributed by atoms with van der Waals surface area (Å²) in [5.41, 5.74) is 6.67. The lowest BCUT2D eigenvalue weighted by Gasteiger charge is -2.30. The lowest BCUT2D eigenvalue weighted by molar-refractivity contribution is 0.131. The molecule has 3 aliphatic rings. The highest BCUT2D eigenvalue weighted by Gasteiger charge is 2.44. The fourth-order valence-corrected chi connectivity index (χ4v) is 4.44. The zero-order valence-corrected chi connectivity index (χ0v) is 14.1. The summed E-state index contributed by atoms with van der Waals surface area (Å²) >= 11 is 1.87. The smallest absolute Gasteiger partial charge is 0.415 e. The van der Waals surface area contributed by atoms with E-state index in [-0.39, 0.29) is 24.5 Å². The van der Waals surface area contributed by atoms with Gasteiger partial charge in [-0.25, -0.2) is 9.18 Å². The number of rotatable bonds is 2. The van der Waals surface area contributed by atoms with Crippen LogP contribution in [-0.2, 0) is 4.74 Å². The minimum absolute atomic E-state index is 0.208. The summed E-state index contributed by atoms with van der Waals surface area (Å²) in [6.45, 7) is 2.31. The van der Waals surface area contributed by atoms with Crippen LogP contribution in [0, 0.1) is 5.82 Å². The SMILES string of the molecule is NC[C@H]1OC(=O)N2c3cc(F)c(N4CCSCC4)cc3OCC[C@H]12. The number of hydrogen-bond donors (Lipinski definition) is 1. The molecule has 4 rings (SSSR count). The first-order valence-electron chi connectivity index (χ1n) is 8.18. The van der Waals surface area contributed by atoms with Crippen LogP contribution in [0.25, 0.3) is 0 Å². The largest absolute Gasteiger partial charge is 0.491 e. The maximum atomic E-state index is 14.8. The molecule has 0 aliphatic carbocycles. The lowest BCUT2D eigenvalue weighted by Crippen LogP contribution is -2.39. The number of anilines is 2. The number of amides is 1. The van der Waals surface area contributed by atoms with Gasteiger partial charge in [0, 0.05) is 49.7 Å². The Morgan fingerprint density at radius 3 is 2.83 bits per heavy atom. The van der Waals surface area contributed by atoms with Crippen LogP contribution in [-0.4, -0.2) is 56.0 Å². The van der Waals surface area contributed by atoms with Crippen molar-refractivity contribution in [2.24, 2.45) is 5.73 Å². The van der Waals surface area contributed by atoms with Crippen LogP contribution in [0.3, 0.4) is 0 Å². The molecule has 3 heterocycles. The average molecular weight is 353 g/mol. The van der Waals surface area contributed by atoms with Crippen molar-refractivity contribution < 1.29 is 18.7 Å². The van der Waals surface area contributed by atoms with Crippen molar-refractivity contribution in [2.75, 3.05) is 47.5 Å². The van der Waals surface area contributed by atoms with Crippen molar-refractivity contribution in [1.29, 1.82) is 0 Å². The van der Waals surface area contributed by atoms with Crippen molar-refractivity contribution in [3.05, 3.63) is 17.9 Å². The van der Waals surface area contributed by atoms with Crippen LogP contribution in [0.1, 0.15) is 6.42 Å². The van der Waals surface area contributed by atoms with E-state index in [0.717, 1.165) is 24.6 Å². The van der Waals surface area contributed by atoms with Gasteiger partial charge in [0.25, 0.3) is 0 Å². The molecule has 2 saturated heterocycles. The van der Waals surface area contributed by atoms with E-state index in [1.54, 1.807) is 6.07 Å². The van der Waals surface area contributed by atoms with Crippen molar-refractivity contribution in [3.63, 3.8) is 0 Å². The fraction of sp³-hybridized carbons (Fsp3) is 0.562. The average Bonchev–Trinajstić information content (AvgIpc) is 2.80. The molecule has 1 aromatic carbocycles. The fourth-order valence-electron chi connectivity index (χ4n) is 3.54. The minimum atomic E-state index is -0.483. The Labute approximate surface area is 144 Å². The summed E-state index contributed by atoms with van der Waals surface area (Å²) < 4.78 is 25.9. The Balaban J connectivity index is 1.72. The number of nitrogens with zero attached hydrogens (tertiary/aromatic N) is 2. The molecule has 0 saturated carbocycles. The van der Waals surface area contributed by atoms with Gasteiger partial charge < -0.3 is 20.1 Å². The lowest BCUT2D eigenvalue weighted by atomic mass is 10.1. The second-order valence-electron chi connectivity index (χ2n) is 6.10. The molecule has 130 valence electrons. The Morgan fingerprint density at radius 2 is 2.08 bits per heavy atom. The van der Waals surface area contributed by atoms with Gasteiger partial charge in [-0.05, 0) is 0 Å². The van der Waals surface area contributed by atoms with E-state index in [0.29, 0.717) is 30.2 Å². The van der Waals surface area contributed by atoms with Crippen molar-refractivity contribution in [2.45, 2.75) is 18.6 Å². The highest BCUT2D eigenvalue weighted by molar-refractivity contribution is 7.99. The molecule has 2 N–H and O–H groups in total. The van der Waals surface area contributed by atoms with Crippen LogP contribution in [0.15, 0.2) is 12.1 Å². The van der Waals surface area contributed by atoms with Crippen molar-refractivity contribution >= 4 is 29.2 Å². The first kappa shape index (κ1) is 15.8. The topological polar surface area (TPSA) is 68.0 Å². The van der Waals surface area contributed by atoms with Crippen LogP contribution in [0.5, 0.6) is 5.75 Å². The van der Waals surface area contributed by atoms with E-state index >= 15 is 0 Å². The molecule has 0 bridgehead atoms. The Hall–Kier alpha value is -1.67. The Bertz CT molecular complexity index is 654. The number of cyclic esters (lactones) is 1. The number of ether oxygens (including phenoxy) is 2. The molecule has 3 aliphatic heterocycles. The number of carbonyl (C=O) groups excluding carboxylic acids is 1. The number of nitrogens with two attached hydrogens (primary N) is 1. The van der Waals surface area contributed by atoms with Gasteiger partial charge in [-0.2, -0.15) is 11.8 Å². The molecule has 2 fully saturated rings. The maximum Gasteiger partial charge on any atom is 0.415 e. The van der Waals surface area contributed by atoms with E-state index < -0.39 is 6.09 Å². The van der Waals surface area contributed by atoms with Gasteiger partial charge >= 0.3 is 6.09 Å². The molecule has 0 aromatic heterocycles. The number of benzene rings is 1.